The predicted octanol–water partition coefficient (Wildman–Crippen LogP) is 4.84. The van der Waals surface area contributed by atoms with E-state index < -0.39 is 10.0 Å². The smallest absolute Gasteiger partial charge is 0.409 e. The predicted molar refractivity (Wildman–Crippen MR) is 148 cm³/mol. The number of aromatic nitrogens is 2. The lowest BCUT2D eigenvalue weighted by Gasteiger charge is -2.33. The van der Waals surface area contributed by atoms with Gasteiger partial charge in [0, 0.05) is 55.7 Å². The molecule has 1 amide bonds. The Kier molecular flexibility index (Phi) is 7.52. The van der Waals surface area contributed by atoms with Gasteiger partial charge in [0.2, 0.25) is 0 Å². The Balaban J connectivity index is 1.34. The third-order valence-corrected chi connectivity index (χ3v) is 10.6. The van der Waals surface area contributed by atoms with Crippen molar-refractivity contribution in [3.8, 4) is 10.7 Å². The second-order valence-electron chi connectivity index (χ2n) is 8.62. The SMILES string of the molecule is CCOC(=O)N1CCN(Cc2cnc(-c3cc4cccc(N(CC)S(=O)(=O)c5cccs5)c4[nH]3)s2)CC1. The maximum Gasteiger partial charge on any atom is 0.409 e. The first kappa shape index (κ1) is 25.7. The van der Waals surface area contributed by atoms with Crippen molar-refractivity contribution in [2.24, 2.45) is 0 Å². The molecule has 1 aliphatic heterocycles. The number of thiazole rings is 1. The highest BCUT2D eigenvalue weighted by Crippen LogP contribution is 2.35. The number of fused-ring (bicyclic) bond motifs is 1. The number of rotatable bonds is 8. The highest BCUT2D eigenvalue weighted by Gasteiger charge is 2.27. The fraction of sp³-hybridized carbons (Fsp3) is 0.360. The van der Waals surface area contributed by atoms with Gasteiger partial charge in [0.1, 0.15) is 9.22 Å². The third-order valence-electron chi connectivity index (χ3n) is 6.29. The van der Waals surface area contributed by atoms with Gasteiger partial charge in [-0.05, 0) is 37.4 Å². The average Bonchev–Trinajstić information content (AvgIpc) is 3.66. The van der Waals surface area contributed by atoms with Crippen LogP contribution in [-0.2, 0) is 21.3 Å². The zero-order valence-corrected chi connectivity index (χ0v) is 23.2. The van der Waals surface area contributed by atoms with Crippen molar-refractivity contribution in [1.82, 2.24) is 19.8 Å². The molecule has 4 heterocycles. The Hall–Kier alpha value is -2.93. The van der Waals surface area contributed by atoms with Gasteiger partial charge in [0.05, 0.1) is 23.5 Å². The van der Waals surface area contributed by atoms with E-state index in [2.05, 4.69) is 14.9 Å². The minimum atomic E-state index is -3.65. The van der Waals surface area contributed by atoms with Crippen LogP contribution in [0.25, 0.3) is 21.6 Å². The van der Waals surface area contributed by atoms with E-state index in [0.29, 0.717) is 36.1 Å². The molecular weight excluding hydrogens is 531 g/mol. The fourth-order valence-electron chi connectivity index (χ4n) is 4.48. The monoisotopic (exact) mass is 559 g/mol. The number of nitrogens with one attached hydrogen (secondary N) is 1. The molecule has 3 aromatic heterocycles. The van der Waals surface area contributed by atoms with Gasteiger partial charge in [-0.25, -0.2) is 18.2 Å². The number of ether oxygens (including phenoxy) is 1. The number of sulfonamides is 1. The number of hydrogen-bond donors (Lipinski definition) is 1. The van der Waals surface area contributed by atoms with Crippen molar-refractivity contribution in [1.29, 1.82) is 0 Å². The number of carbonyl (C=O) groups is 1. The number of H-pyrrole nitrogens is 1. The number of hydrogen-bond acceptors (Lipinski definition) is 8. The molecule has 1 aromatic carbocycles. The van der Waals surface area contributed by atoms with Gasteiger partial charge >= 0.3 is 6.09 Å². The van der Waals surface area contributed by atoms with Crippen molar-refractivity contribution in [3.05, 3.63) is 52.9 Å². The topological polar surface area (TPSA) is 98.8 Å². The number of amides is 1. The van der Waals surface area contributed by atoms with Gasteiger partial charge < -0.3 is 14.6 Å². The summed E-state index contributed by atoms with van der Waals surface area (Å²) in [4.78, 5) is 25.2. The molecule has 9 nitrogen and oxygen atoms in total. The molecule has 0 bridgehead atoms. The summed E-state index contributed by atoms with van der Waals surface area (Å²) in [5.74, 6) is 0. The summed E-state index contributed by atoms with van der Waals surface area (Å²) in [6.45, 7) is 8.00. The fourth-order valence-corrected chi connectivity index (χ4v) is 8.00. The normalized spacial score (nSPS) is 14.8. The van der Waals surface area contributed by atoms with Crippen LogP contribution in [0.2, 0.25) is 0 Å². The van der Waals surface area contributed by atoms with Crippen LogP contribution in [0.4, 0.5) is 10.5 Å². The standard InChI is InChI=1S/C25H29N5O4S3/c1-3-30(37(32,33)22-9-6-14-35-22)21-8-5-7-18-15-20(27-23(18)21)24-26-16-19(36-24)17-28-10-12-29(13-11-28)25(31)34-4-2/h5-9,14-16,27H,3-4,10-13,17H2,1-2H3. The average molecular weight is 560 g/mol. The van der Waals surface area contributed by atoms with Crippen LogP contribution in [0.1, 0.15) is 18.7 Å². The number of thiophene rings is 1. The number of benzene rings is 1. The maximum atomic E-state index is 13.3. The van der Waals surface area contributed by atoms with Crippen LogP contribution in [0.3, 0.4) is 0 Å². The number of carbonyl (C=O) groups excluding carboxylic acids is 1. The van der Waals surface area contributed by atoms with E-state index >= 15 is 0 Å². The number of anilines is 1. The molecule has 0 aliphatic carbocycles. The molecule has 5 rings (SSSR count). The Bertz CT molecular complexity index is 1470. The minimum absolute atomic E-state index is 0.245. The van der Waals surface area contributed by atoms with E-state index in [1.807, 2.05) is 44.3 Å². The largest absolute Gasteiger partial charge is 0.450 e. The van der Waals surface area contributed by atoms with Crippen LogP contribution < -0.4 is 4.31 Å². The lowest BCUT2D eigenvalue weighted by atomic mass is 10.2. The van der Waals surface area contributed by atoms with Crippen molar-refractivity contribution in [2.45, 2.75) is 24.6 Å². The molecule has 1 saturated heterocycles. The van der Waals surface area contributed by atoms with Crippen LogP contribution in [0, 0.1) is 0 Å². The third kappa shape index (κ3) is 5.24. The minimum Gasteiger partial charge on any atom is -0.450 e. The molecular formula is C25H29N5O4S3. The van der Waals surface area contributed by atoms with E-state index in [1.165, 1.54) is 15.6 Å². The van der Waals surface area contributed by atoms with Gasteiger partial charge in [-0.15, -0.1) is 22.7 Å². The van der Waals surface area contributed by atoms with Crippen LogP contribution in [0.5, 0.6) is 0 Å². The summed E-state index contributed by atoms with van der Waals surface area (Å²) in [6.07, 6.45) is 1.65. The molecule has 1 N–H and O–H groups in total. The molecule has 0 unspecified atom stereocenters. The Morgan fingerprint density at radius 2 is 1.97 bits per heavy atom. The number of aromatic amines is 1. The Labute approximate surface area is 224 Å². The number of para-hydroxylation sites is 1. The van der Waals surface area contributed by atoms with Crippen molar-refractivity contribution in [3.63, 3.8) is 0 Å². The summed E-state index contributed by atoms with van der Waals surface area (Å²) in [6, 6.07) is 11.1. The van der Waals surface area contributed by atoms with E-state index in [0.717, 1.165) is 46.1 Å². The summed E-state index contributed by atoms with van der Waals surface area (Å²) in [5, 5.41) is 3.56. The molecule has 0 radical (unpaired) electrons. The quantitative estimate of drug-likeness (QED) is 0.332. The van der Waals surface area contributed by atoms with Gasteiger partial charge in [0.15, 0.2) is 0 Å². The first-order chi connectivity index (χ1) is 17.9. The summed E-state index contributed by atoms with van der Waals surface area (Å²) >= 11 is 2.83. The number of nitrogens with zero attached hydrogens (tertiary/aromatic N) is 4. The highest BCUT2D eigenvalue weighted by molar-refractivity contribution is 7.94. The first-order valence-electron chi connectivity index (χ1n) is 12.2. The molecule has 4 aromatic rings. The lowest BCUT2D eigenvalue weighted by molar-refractivity contribution is 0.0781. The van der Waals surface area contributed by atoms with Gasteiger partial charge in [-0.2, -0.15) is 0 Å². The van der Waals surface area contributed by atoms with Crippen molar-refractivity contribution < 1.29 is 17.9 Å². The molecule has 12 heteroatoms. The van der Waals surface area contributed by atoms with E-state index in [-0.39, 0.29) is 6.09 Å². The number of piperazine rings is 1. The summed E-state index contributed by atoms with van der Waals surface area (Å²) in [5.41, 5.74) is 2.25. The van der Waals surface area contributed by atoms with Gasteiger partial charge in [-0.3, -0.25) is 9.21 Å². The molecule has 37 heavy (non-hydrogen) atoms. The molecule has 1 fully saturated rings. The molecule has 0 saturated carbocycles. The Morgan fingerprint density at radius 3 is 2.68 bits per heavy atom. The zero-order valence-electron chi connectivity index (χ0n) is 20.7. The van der Waals surface area contributed by atoms with E-state index in [4.69, 9.17) is 4.74 Å². The van der Waals surface area contributed by atoms with Crippen molar-refractivity contribution >= 4 is 55.4 Å². The zero-order chi connectivity index (χ0) is 26.0. The maximum absolute atomic E-state index is 13.3. The Morgan fingerprint density at radius 1 is 1.16 bits per heavy atom. The summed E-state index contributed by atoms with van der Waals surface area (Å²) in [7, 11) is -3.65. The molecule has 1 aliphatic rings. The van der Waals surface area contributed by atoms with E-state index in [9.17, 15) is 13.2 Å². The van der Waals surface area contributed by atoms with Crippen molar-refractivity contribution in [2.75, 3.05) is 43.6 Å². The van der Waals surface area contributed by atoms with Crippen LogP contribution in [-0.4, -0.2) is 73.6 Å². The highest BCUT2D eigenvalue weighted by atomic mass is 32.2. The van der Waals surface area contributed by atoms with Crippen LogP contribution >= 0.6 is 22.7 Å². The molecule has 0 atom stereocenters. The van der Waals surface area contributed by atoms with Gasteiger partial charge in [0.25, 0.3) is 10.0 Å². The van der Waals surface area contributed by atoms with Crippen LogP contribution in [0.15, 0.2) is 52.2 Å². The lowest BCUT2D eigenvalue weighted by Crippen LogP contribution is -2.48. The second-order valence-corrected chi connectivity index (χ2v) is 12.8. The second kappa shape index (κ2) is 10.8. The molecule has 0 spiro atoms. The first-order valence-corrected chi connectivity index (χ1v) is 15.3. The molecule has 196 valence electrons. The van der Waals surface area contributed by atoms with E-state index in [1.54, 1.807) is 33.7 Å². The summed E-state index contributed by atoms with van der Waals surface area (Å²) < 4.78 is 33.5. The van der Waals surface area contributed by atoms with Gasteiger partial charge in [-0.1, -0.05) is 18.2 Å².